The quantitative estimate of drug-likeness (QED) is 0.590. The van der Waals surface area contributed by atoms with Crippen molar-refractivity contribution in [2.24, 2.45) is 11.5 Å². The molecule has 1 fully saturated rings. The SMILES string of the molecule is COC1C[C@@H](N)[C@H](N)CC1OC. The van der Waals surface area contributed by atoms with Crippen LogP contribution >= 0.6 is 0 Å². The van der Waals surface area contributed by atoms with Gasteiger partial charge in [0.1, 0.15) is 0 Å². The maximum absolute atomic E-state index is 5.80. The van der Waals surface area contributed by atoms with Gasteiger partial charge in [-0.1, -0.05) is 0 Å². The number of rotatable bonds is 2. The summed E-state index contributed by atoms with van der Waals surface area (Å²) < 4.78 is 10.5. The van der Waals surface area contributed by atoms with Gasteiger partial charge in [-0.15, -0.1) is 0 Å². The second kappa shape index (κ2) is 4.18. The molecular formula is C8H18N2O2. The number of nitrogens with two attached hydrogens (primary N) is 2. The van der Waals surface area contributed by atoms with Crippen LogP contribution in [-0.4, -0.2) is 38.5 Å². The lowest BCUT2D eigenvalue weighted by atomic mass is 9.87. The monoisotopic (exact) mass is 174 g/mol. The Kier molecular flexibility index (Phi) is 3.46. The zero-order valence-corrected chi connectivity index (χ0v) is 7.69. The normalized spacial score (nSPS) is 43.0. The molecule has 1 rings (SSSR count). The third-order valence-electron chi connectivity index (χ3n) is 2.58. The fourth-order valence-electron chi connectivity index (χ4n) is 1.69. The first-order valence-corrected chi connectivity index (χ1v) is 4.25. The minimum atomic E-state index is 0.0429. The largest absolute Gasteiger partial charge is 0.379 e. The van der Waals surface area contributed by atoms with Gasteiger partial charge < -0.3 is 20.9 Å². The van der Waals surface area contributed by atoms with Gasteiger partial charge in [0, 0.05) is 26.3 Å². The fourth-order valence-corrected chi connectivity index (χ4v) is 1.69. The van der Waals surface area contributed by atoms with E-state index in [1.165, 1.54) is 0 Å². The van der Waals surface area contributed by atoms with E-state index in [0.717, 1.165) is 12.8 Å². The van der Waals surface area contributed by atoms with Crippen LogP contribution in [0.4, 0.5) is 0 Å². The molecule has 2 unspecified atom stereocenters. The molecule has 0 aliphatic heterocycles. The van der Waals surface area contributed by atoms with E-state index in [-0.39, 0.29) is 24.3 Å². The molecule has 4 heteroatoms. The van der Waals surface area contributed by atoms with E-state index >= 15 is 0 Å². The van der Waals surface area contributed by atoms with Gasteiger partial charge in [0.05, 0.1) is 12.2 Å². The Morgan fingerprint density at radius 3 is 1.50 bits per heavy atom. The third-order valence-corrected chi connectivity index (χ3v) is 2.58. The van der Waals surface area contributed by atoms with Crippen molar-refractivity contribution in [1.29, 1.82) is 0 Å². The van der Waals surface area contributed by atoms with Crippen LogP contribution in [0.5, 0.6) is 0 Å². The molecule has 0 amide bonds. The van der Waals surface area contributed by atoms with Crippen molar-refractivity contribution >= 4 is 0 Å². The van der Waals surface area contributed by atoms with Crippen LogP contribution in [0.1, 0.15) is 12.8 Å². The minimum Gasteiger partial charge on any atom is -0.379 e. The van der Waals surface area contributed by atoms with E-state index in [4.69, 9.17) is 20.9 Å². The van der Waals surface area contributed by atoms with Crippen molar-refractivity contribution in [3.05, 3.63) is 0 Å². The highest BCUT2D eigenvalue weighted by atomic mass is 16.5. The summed E-state index contributed by atoms with van der Waals surface area (Å²) in [5, 5.41) is 0. The fraction of sp³-hybridized carbons (Fsp3) is 1.00. The topological polar surface area (TPSA) is 70.5 Å². The Hall–Kier alpha value is -0.160. The number of hydrogen-bond acceptors (Lipinski definition) is 4. The number of methoxy groups -OCH3 is 2. The van der Waals surface area contributed by atoms with Crippen molar-refractivity contribution in [3.8, 4) is 0 Å². The van der Waals surface area contributed by atoms with Crippen molar-refractivity contribution < 1.29 is 9.47 Å². The Labute approximate surface area is 73.2 Å². The van der Waals surface area contributed by atoms with Gasteiger partial charge in [0.2, 0.25) is 0 Å². The van der Waals surface area contributed by atoms with Gasteiger partial charge in [0.15, 0.2) is 0 Å². The Morgan fingerprint density at radius 1 is 0.917 bits per heavy atom. The van der Waals surface area contributed by atoms with Gasteiger partial charge >= 0.3 is 0 Å². The maximum Gasteiger partial charge on any atom is 0.0848 e. The van der Waals surface area contributed by atoms with Crippen molar-refractivity contribution in [2.75, 3.05) is 14.2 Å². The molecule has 12 heavy (non-hydrogen) atoms. The molecule has 72 valence electrons. The van der Waals surface area contributed by atoms with Crippen molar-refractivity contribution in [2.45, 2.75) is 37.1 Å². The van der Waals surface area contributed by atoms with Crippen LogP contribution < -0.4 is 11.5 Å². The van der Waals surface area contributed by atoms with E-state index < -0.39 is 0 Å². The summed E-state index contributed by atoms with van der Waals surface area (Å²) in [4.78, 5) is 0. The zero-order valence-electron chi connectivity index (χ0n) is 7.69. The summed E-state index contributed by atoms with van der Waals surface area (Å²) in [7, 11) is 3.36. The predicted octanol–water partition coefficient (Wildman–Crippen LogP) is -0.535. The first-order chi connectivity index (χ1) is 5.69. The summed E-state index contributed by atoms with van der Waals surface area (Å²) in [6, 6.07) is 0.0858. The summed E-state index contributed by atoms with van der Waals surface area (Å²) in [6.45, 7) is 0. The van der Waals surface area contributed by atoms with Crippen LogP contribution in [0, 0.1) is 0 Å². The van der Waals surface area contributed by atoms with Crippen LogP contribution in [0.3, 0.4) is 0 Å². The smallest absolute Gasteiger partial charge is 0.0848 e. The number of hydrogen-bond donors (Lipinski definition) is 2. The molecule has 4 N–H and O–H groups in total. The summed E-state index contributed by atoms with van der Waals surface area (Å²) in [5.41, 5.74) is 11.6. The second-order valence-electron chi connectivity index (χ2n) is 3.35. The zero-order chi connectivity index (χ0) is 9.14. The first kappa shape index (κ1) is 9.92. The van der Waals surface area contributed by atoms with Gasteiger partial charge in [-0.2, -0.15) is 0 Å². The van der Waals surface area contributed by atoms with Crippen LogP contribution in [0.15, 0.2) is 0 Å². The maximum atomic E-state index is 5.80. The highest BCUT2D eigenvalue weighted by Crippen LogP contribution is 2.21. The van der Waals surface area contributed by atoms with E-state index in [9.17, 15) is 0 Å². The summed E-state index contributed by atoms with van der Waals surface area (Å²) in [5.74, 6) is 0. The Balaban J connectivity index is 2.52. The molecule has 0 bridgehead atoms. The van der Waals surface area contributed by atoms with Crippen molar-refractivity contribution in [1.82, 2.24) is 0 Å². The van der Waals surface area contributed by atoms with Gasteiger partial charge in [-0.05, 0) is 12.8 Å². The van der Waals surface area contributed by atoms with Crippen LogP contribution in [-0.2, 0) is 9.47 Å². The molecule has 0 spiro atoms. The molecule has 0 aromatic carbocycles. The molecule has 1 saturated carbocycles. The second-order valence-corrected chi connectivity index (χ2v) is 3.35. The summed E-state index contributed by atoms with van der Waals surface area (Å²) in [6.07, 6.45) is 1.78. The molecule has 0 saturated heterocycles. The highest BCUT2D eigenvalue weighted by Gasteiger charge is 2.33. The minimum absolute atomic E-state index is 0.0429. The van der Waals surface area contributed by atoms with E-state index in [2.05, 4.69) is 0 Å². The van der Waals surface area contributed by atoms with E-state index in [1.54, 1.807) is 14.2 Å². The molecule has 1 aliphatic rings. The average Bonchev–Trinajstić information content (AvgIpc) is 2.09. The standard InChI is InChI=1S/C8H18N2O2/c1-11-7-3-5(9)6(10)4-8(7)12-2/h5-8H,3-4,9-10H2,1-2H3/t5-,6-,7?,8?/m1/s1. The van der Waals surface area contributed by atoms with Gasteiger partial charge in [-0.3, -0.25) is 0 Å². The molecule has 4 atom stereocenters. The molecule has 0 radical (unpaired) electrons. The van der Waals surface area contributed by atoms with Crippen LogP contribution in [0.25, 0.3) is 0 Å². The third kappa shape index (κ3) is 1.95. The van der Waals surface area contributed by atoms with E-state index in [1.807, 2.05) is 0 Å². The Morgan fingerprint density at radius 2 is 1.25 bits per heavy atom. The summed E-state index contributed by atoms with van der Waals surface area (Å²) >= 11 is 0. The lowest BCUT2D eigenvalue weighted by molar-refractivity contribution is -0.0659. The van der Waals surface area contributed by atoms with Gasteiger partial charge in [-0.25, -0.2) is 0 Å². The molecule has 0 aromatic rings. The highest BCUT2D eigenvalue weighted by molar-refractivity contribution is 4.91. The molecular weight excluding hydrogens is 156 g/mol. The average molecular weight is 174 g/mol. The number of ether oxygens (including phenoxy) is 2. The molecule has 0 heterocycles. The first-order valence-electron chi connectivity index (χ1n) is 4.25. The van der Waals surface area contributed by atoms with E-state index in [0.29, 0.717) is 0 Å². The molecule has 4 nitrogen and oxygen atoms in total. The van der Waals surface area contributed by atoms with Crippen LogP contribution in [0.2, 0.25) is 0 Å². The lowest BCUT2D eigenvalue weighted by Gasteiger charge is -2.36. The molecule has 1 aliphatic carbocycles. The Bertz CT molecular complexity index is 127. The van der Waals surface area contributed by atoms with Crippen molar-refractivity contribution in [3.63, 3.8) is 0 Å². The van der Waals surface area contributed by atoms with Gasteiger partial charge in [0.25, 0.3) is 0 Å². The predicted molar refractivity (Wildman–Crippen MR) is 46.8 cm³/mol. The molecule has 0 aromatic heterocycles. The lowest BCUT2D eigenvalue weighted by Crippen LogP contribution is -2.53.